The van der Waals surface area contributed by atoms with Gasteiger partial charge in [-0.25, -0.2) is 0 Å². The quantitative estimate of drug-likeness (QED) is 0.914. The maximum absolute atomic E-state index is 12.6. The van der Waals surface area contributed by atoms with Crippen molar-refractivity contribution in [2.45, 2.75) is 20.3 Å². The van der Waals surface area contributed by atoms with Crippen molar-refractivity contribution in [1.29, 1.82) is 0 Å². The number of aryl methyl sites for hydroxylation is 2. The molecule has 0 aliphatic carbocycles. The van der Waals surface area contributed by atoms with E-state index in [0.717, 1.165) is 28.5 Å². The summed E-state index contributed by atoms with van der Waals surface area (Å²) < 4.78 is 5.82. The van der Waals surface area contributed by atoms with Crippen LogP contribution in [0.4, 0.5) is 0 Å². The molecule has 1 atom stereocenters. The molecule has 2 heterocycles. The van der Waals surface area contributed by atoms with E-state index in [-0.39, 0.29) is 18.4 Å². The van der Waals surface area contributed by atoms with Crippen LogP contribution in [0.1, 0.15) is 28.1 Å². The first kappa shape index (κ1) is 13.2. The van der Waals surface area contributed by atoms with E-state index in [1.165, 1.54) is 0 Å². The molecule has 1 aliphatic heterocycles. The summed E-state index contributed by atoms with van der Waals surface area (Å²) in [5.41, 5.74) is 2.74. The van der Waals surface area contributed by atoms with E-state index in [0.29, 0.717) is 18.8 Å². The van der Waals surface area contributed by atoms with E-state index < -0.39 is 0 Å². The second kappa shape index (κ2) is 4.94. The summed E-state index contributed by atoms with van der Waals surface area (Å²) in [5, 5.41) is 10.2. The number of para-hydroxylation sites is 1. The monoisotopic (exact) mass is 273 g/mol. The fraction of sp³-hybridized carbons (Fsp3) is 0.438. The molecule has 0 spiro atoms. The molecule has 0 saturated carbocycles. The molecule has 1 unspecified atom stereocenters. The van der Waals surface area contributed by atoms with Gasteiger partial charge in [-0.15, -0.1) is 0 Å². The van der Waals surface area contributed by atoms with Gasteiger partial charge in [0.1, 0.15) is 5.58 Å². The number of likely N-dealkylation sites (tertiary alicyclic amines) is 1. The number of carbonyl (C=O) groups excluding carboxylic acids is 1. The van der Waals surface area contributed by atoms with Crippen LogP contribution in [0.5, 0.6) is 0 Å². The van der Waals surface area contributed by atoms with Gasteiger partial charge in [-0.05, 0) is 25.8 Å². The van der Waals surface area contributed by atoms with Gasteiger partial charge in [0.2, 0.25) is 0 Å². The number of hydrogen-bond donors (Lipinski definition) is 1. The van der Waals surface area contributed by atoms with Crippen LogP contribution >= 0.6 is 0 Å². The predicted octanol–water partition coefficient (Wildman–Crippen LogP) is 2.50. The lowest BCUT2D eigenvalue weighted by Gasteiger charge is -2.14. The van der Waals surface area contributed by atoms with Gasteiger partial charge >= 0.3 is 0 Å². The Hall–Kier alpha value is -1.81. The van der Waals surface area contributed by atoms with Crippen LogP contribution in [-0.2, 0) is 0 Å². The minimum Gasteiger partial charge on any atom is -0.450 e. The zero-order valence-corrected chi connectivity index (χ0v) is 11.8. The molecular formula is C16H19NO3. The predicted molar refractivity (Wildman–Crippen MR) is 76.8 cm³/mol. The van der Waals surface area contributed by atoms with Crippen molar-refractivity contribution >= 4 is 16.9 Å². The second-order valence-electron chi connectivity index (χ2n) is 5.60. The molecule has 1 aromatic heterocycles. The van der Waals surface area contributed by atoms with E-state index in [1.807, 2.05) is 32.0 Å². The minimum absolute atomic E-state index is 0.0611. The van der Waals surface area contributed by atoms with Crippen molar-refractivity contribution in [3.8, 4) is 0 Å². The summed E-state index contributed by atoms with van der Waals surface area (Å²) in [5.74, 6) is 0.576. The Bertz CT molecular complexity index is 659. The Morgan fingerprint density at radius 3 is 2.90 bits per heavy atom. The van der Waals surface area contributed by atoms with Crippen molar-refractivity contribution in [3.05, 3.63) is 35.1 Å². The Kier molecular flexibility index (Phi) is 3.26. The lowest BCUT2D eigenvalue weighted by Crippen LogP contribution is -2.29. The first-order chi connectivity index (χ1) is 9.61. The van der Waals surface area contributed by atoms with Gasteiger partial charge in [0, 0.05) is 36.6 Å². The number of furan rings is 1. The van der Waals surface area contributed by atoms with Crippen LogP contribution in [0, 0.1) is 19.8 Å². The summed E-state index contributed by atoms with van der Waals surface area (Å²) in [7, 11) is 0. The fourth-order valence-electron chi connectivity index (χ4n) is 2.90. The lowest BCUT2D eigenvalue weighted by atomic mass is 10.1. The van der Waals surface area contributed by atoms with Crippen LogP contribution in [0.2, 0.25) is 0 Å². The van der Waals surface area contributed by atoms with Crippen LogP contribution in [-0.4, -0.2) is 35.6 Å². The molecule has 1 saturated heterocycles. The maximum Gasteiger partial charge on any atom is 0.289 e. The van der Waals surface area contributed by atoms with E-state index >= 15 is 0 Å². The van der Waals surface area contributed by atoms with Gasteiger partial charge < -0.3 is 14.4 Å². The molecule has 20 heavy (non-hydrogen) atoms. The van der Waals surface area contributed by atoms with E-state index in [4.69, 9.17) is 4.42 Å². The fourth-order valence-corrected chi connectivity index (χ4v) is 2.90. The maximum atomic E-state index is 12.6. The summed E-state index contributed by atoms with van der Waals surface area (Å²) >= 11 is 0. The van der Waals surface area contributed by atoms with Gasteiger partial charge in [-0.1, -0.05) is 18.2 Å². The first-order valence-electron chi connectivity index (χ1n) is 7.00. The zero-order valence-electron chi connectivity index (χ0n) is 11.8. The normalized spacial score (nSPS) is 18.9. The van der Waals surface area contributed by atoms with Crippen molar-refractivity contribution < 1.29 is 14.3 Å². The van der Waals surface area contributed by atoms with Gasteiger partial charge in [-0.2, -0.15) is 0 Å². The van der Waals surface area contributed by atoms with Crippen molar-refractivity contribution in [1.82, 2.24) is 4.90 Å². The van der Waals surface area contributed by atoms with Gasteiger partial charge in [-0.3, -0.25) is 4.79 Å². The number of fused-ring (bicyclic) bond motifs is 1. The SMILES string of the molecule is Cc1c(C(=O)N2CCC(CO)C2)oc2c(C)cccc12. The third-order valence-corrected chi connectivity index (χ3v) is 4.19. The molecule has 106 valence electrons. The molecule has 1 aliphatic rings. The molecule has 1 fully saturated rings. The highest BCUT2D eigenvalue weighted by atomic mass is 16.3. The molecule has 1 N–H and O–H groups in total. The Labute approximate surface area is 118 Å². The standard InChI is InChI=1S/C16H19NO3/c1-10-4-3-5-13-11(2)15(20-14(10)13)16(19)17-7-6-12(8-17)9-18/h3-5,12,18H,6-9H2,1-2H3. The summed E-state index contributed by atoms with van der Waals surface area (Å²) in [6.45, 7) is 5.36. The number of carbonyl (C=O) groups is 1. The molecule has 1 amide bonds. The van der Waals surface area contributed by atoms with E-state index in [1.54, 1.807) is 4.90 Å². The van der Waals surface area contributed by atoms with Gasteiger partial charge in [0.25, 0.3) is 5.91 Å². The Balaban J connectivity index is 1.96. The number of rotatable bonds is 2. The van der Waals surface area contributed by atoms with Crippen LogP contribution in [0.25, 0.3) is 11.0 Å². The number of aliphatic hydroxyl groups excluding tert-OH is 1. The molecule has 0 radical (unpaired) electrons. The minimum atomic E-state index is -0.0611. The number of benzene rings is 1. The highest BCUT2D eigenvalue weighted by Gasteiger charge is 2.29. The van der Waals surface area contributed by atoms with Crippen molar-refractivity contribution in [3.63, 3.8) is 0 Å². The third-order valence-electron chi connectivity index (χ3n) is 4.19. The Morgan fingerprint density at radius 2 is 2.25 bits per heavy atom. The molecule has 4 heteroatoms. The second-order valence-corrected chi connectivity index (χ2v) is 5.60. The van der Waals surface area contributed by atoms with Gasteiger partial charge in [0.05, 0.1) is 0 Å². The highest BCUT2D eigenvalue weighted by molar-refractivity contribution is 5.99. The smallest absolute Gasteiger partial charge is 0.289 e. The number of aliphatic hydroxyl groups is 1. The molecule has 4 nitrogen and oxygen atoms in total. The molecule has 3 rings (SSSR count). The molecule has 1 aromatic carbocycles. The van der Waals surface area contributed by atoms with E-state index in [9.17, 15) is 9.90 Å². The number of amides is 1. The number of hydrogen-bond acceptors (Lipinski definition) is 3. The lowest BCUT2D eigenvalue weighted by molar-refractivity contribution is 0.0751. The van der Waals surface area contributed by atoms with Crippen LogP contribution in [0.15, 0.2) is 22.6 Å². The summed E-state index contributed by atoms with van der Waals surface area (Å²) in [4.78, 5) is 14.3. The highest BCUT2D eigenvalue weighted by Crippen LogP contribution is 2.29. The largest absolute Gasteiger partial charge is 0.450 e. The van der Waals surface area contributed by atoms with E-state index in [2.05, 4.69) is 0 Å². The zero-order chi connectivity index (χ0) is 14.3. The summed E-state index contributed by atoms with van der Waals surface area (Å²) in [6, 6.07) is 5.95. The first-order valence-corrected chi connectivity index (χ1v) is 7.00. The van der Waals surface area contributed by atoms with Crippen molar-refractivity contribution in [2.24, 2.45) is 5.92 Å². The van der Waals surface area contributed by atoms with Crippen molar-refractivity contribution in [2.75, 3.05) is 19.7 Å². The average molecular weight is 273 g/mol. The third kappa shape index (κ3) is 2.00. The molecule has 2 aromatic rings. The van der Waals surface area contributed by atoms with Gasteiger partial charge in [0.15, 0.2) is 5.76 Å². The van der Waals surface area contributed by atoms with Crippen LogP contribution < -0.4 is 0 Å². The number of nitrogens with zero attached hydrogens (tertiary/aromatic N) is 1. The Morgan fingerprint density at radius 1 is 1.45 bits per heavy atom. The van der Waals surface area contributed by atoms with Crippen LogP contribution in [0.3, 0.4) is 0 Å². The molecular weight excluding hydrogens is 254 g/mol. The topological polar surface area (TPSA) is 53.7 Å². The summed E-state index contributed by atoms with van der Waals surface area (Å²) in [6.07, 6.45) is 0.862. The molecule has 0 bridgehead atoms. The average Bonchev–Trinajstić information content (AvgIpc) is 3.05.